The zero-order valence-corrected chi connectivity index (χ0v) is 15.5. The minimum Gasteiger partial charge on any atom is -0.480 e. The molecule has 0 radical (unpaired) electrons. The van der Waals surface area contributed by atoms with Crippen LogP contribution in [0.25, 0.3) is 0 Å². The molecular formula is C16H30N4O5. The summed E-state index contributed by atoms with van der Waals surface area (Å²) in [5, 5.41) is 16.3. The van der Waals surface area contributed by atoms with Gasteiger partial charge in [0.25, 0.3) is 0 Å². The van der Waals surface area contributed by atoms with E-state index < -0.39 is 41.8 Å². The smallest absolute Gasteiger partial charge is 0.326 e. The fourth-order valence-corrected chi connectivity index (χ4v) is 1.91. The largest absolute Gasteiger partial charge is 0.480 e. The summed E-state index contributed by atoms with van der Waals surface area (Å²) in [4.78, 5) is 46.7. The minimum absolute atomic E-state index is 0.0745. The van der Waals surface area contributed by atoms with Crippen LogP contribution in [0.1, 0.15) is 41.0 Å². The lowest BCUT2D eigenvalue weighted by Crippen LogP contribution is -2.53. The van der Waals surface area contributed by atoms with Crippen molar-refractivity contribution in [3.63, 3.8) is 0 Å². The van der Waals surface area contributed by atoms with E-state index in [9.17, 15) is 19.2 Å². The standard InChI is InChI=1S/C16H30N4O5/c1-6-9(4)13(16(24)25)20-11(21)7-18-14(22)10(5)19-15(23)12(17)8(2)3/h8-10,12-13H,6-7,17H2,1-5H3,(H,18,22)(H,19,23)(H,20,21)(H,24,25). The highest BCUT2D eigenvalue weighted by Crippen LogP contribution is 2.07. The van der Waals surface area contributed by atoms with Gasteiger partial charge < -0.3 is 26.8 Å². The number of carboxylic acid groups (broad SMARTS) is 1. The Kier molecular flexibility index (Phi) is 9.73. The van der Waals surface area contributed by atoms with Gasteiger partial charge in [0.05, 0.1) is 12.6 Å². The van der Waals surface area contributed by atoms with Crippen molar-refractivity contribution in [1.29, 1.82) is 0 Å². The molecule has 0 aliphatic heterocycles. The lowest BCUT2D eigenvalue weighted by molar-refractivity contribution is -0.143. The summed E-state index contributed by atoms with van der Waals surface area (Å²) < 4.78 is 0. The monoisotopic (exact) mass is 358 g/mol. The molecule has 144 valence electrons. The van der Waals surface area contributed by atoms with Crippen LogP contribution < -0.4 is 21.7 Å². The Morgan fingerprint density at radius 1 is 1.00 bits per heavy atom. The third-order valence-corrected chi connectivity index (χ3v) is 3.99. The van der Waals surface area contributed by atoms with Crippen molar-refractivity contribution >= 4 is 23.7 Å². The highest BCUT2D eigenvalue weighted by Gasteiger charge is 2.26. The maximum absolute atomic E-state index is 11.9. The fraction of sp³-hybridized carbons (Fsp3) is 0.750. The third kappa shape index (κ3) is 7.97. The topological polar surface area (TPSA) is 151 Å². The predicted octanol–water partition coefficient (Wildman–Crippen LogP) is -0.794. The molecule has 9 nitrogen and oxygen atoms in total. The van der Waals surface area contributed by atoms with Crippen LogP contribution in [0.5, 0.6) is 0 Å². The maximum atomic E-state index is 11.9. The molecule has 0 rings (SSSR count). The first-order valence-corrected chi connectivity index (χ1v) is 8.37. The molecule has 0 aromatic rings. The Labute approximate surface area is 148 Å². The molecule has 0 aliphatic rings. The average Bonchev–Trinajstić information content (AvgIpc) is 2.55. The van der Waals surface area contributed by atoms with Crippen molar-refractivity contribution < 1.29 is 24.3 Å². The van der Waals surface area contributed by atoms with Gasteiger partial charge in [-0.15, -0.1) is 0 Å². The number of nitrogens with two attached hydrogens (primary N) is 1. The Balaban J connectivity index is 4.46. The Morgan fingerprint density at radius 2 is 1.56 bits per heavy atom. The van der Waals surface area contributed by atoms with Gasteiger partial charge in [-0.2, -0.15) is 0 Å². The van der Waals surface area contributed by atoms with E-state index in [-0.39, 0.29) is 18.4 Å². The molecule has 0 saturated carbocycles. The molecular weight excluding hydrogens is 328 g/mol. The second kappa shape index (κ2) is 10.7. The van der Waals surface area contributed by atoms with Crippen molar-refractivity contribution in [3.8, 4) is 0 Å². The lowest BCUT2D eigenvalue weighted by atomic mass is 9.99. The van der Waals surface area contributed by atoms with Crippen molar-refractivity contribution in [2.24, 2.45) is 17.6 Å². The van der Waals surface area contributed by atoms with Crippen LogP contribution >= 0.6 is 0 Å². The number of carboxylic acids is 1. The normalized spacial score (nSPS) is 15.6. The number of aliphatic carboxylic acids is 1. The molecule has 0 aliphatic carbocycles. The minimum atomic E-state index is -1.13. The summed E-state index contributed by atoms with van der Waals surface area (Å²) in [6.45, 7) is 8.20. The predicted molar refractivity (Wildman–Crippen MR) is 92.4 cm³/mol. The van der Waals surface area contributed by atoms with Crippen LogP contribution in [-0.2, 0) is 19.2 Å². The summed E-state index contributed by atoms with van der Waals surface area (Å²) in [7, 11) is 0. The zero-order valence-electron chi connectivity index (χ0n) is 15.5. The highest BCUT2D eigenvalue weighted by atomic mass is 16.4. The molecule has 4 unspecified atom stereocenters. The van der Waals surface area contributed by atoms with E-state index in [0.29, 0.717) is 6.42 Å². The summed E-state index contributed by atoms with van der Waals surface area (Å²) in [6.07, 6.45) is 0.586. The quantitative estimate of drug-likeness (QED) is 0.345. The van der Waals surface area contributed by atoms with Gasteiger partial charge in [-0.1, -0.05) is 34.1 Å². The van der Waals surface area contributed by atoms with Crippen LogP contribution in [0.15, 0.2) is 0 Å². The fourth-order valence-electron chi connectivity index (χ4n) is 1.91. The van der Waals surface area contributed by atoms with Gasteiger partial charge in [0, 0.05) is 0 Å². The van der Waals surface area contributed by atoms with Gasteiger partial charge in [0.15, 0.2) is 0 Å². The van der Waals surface area contributed by atoms with Crippen molar-refractivity contribution in [2.75, 3.05) is 6.54 Å². The van der Waals surface area contributed by atoms with Crippen LogP contribution in [0.4, 0.5) is 0 Å². The molecule has 0 aromatic heterocycles. The number of amides is 3. The number of nitrogens with one attached hydrogen (secondary N) is 3. The average molecular weight is 358 g/mol. The zero-order chi connectivity index (χ0) is 19.7. The molecule has 0 fully saturated rings. The maximum Gasteiger partial charge on any atom is 0.326 e. The molecule has 25 heavy (non-hydrogen) atoms. The number of hydrogen-bond acceptors (Lipinski definition) is 5. The van der Waals surface area contributed by atoms with Crippen LogP contribution in [0.2, 0.25) is 0 Å². The second-order valence-corrected chi connectivity index (χ2v) is 6.49. The number of carbonyl (C=O) groups excluding carboxylic acids is 3. The van der Waals surface area contributed by atoms with Gasteiger partial charge in [0.1, 0.15) is 12.1 Å². The van der Waals surface area contributed by atoms with E-state index >= 15 is 0 Å². The van der Waals surface area contributed by atoms with Gasteiger partial charge >= 0.3 is 5.97 Å². The highest BCUT2D eigenvalue weighted by molar-refractivity contribution is 5.92. The van der Waals surface area contributed by atoms with Crippen molar-refractivity contribution in [1.82, 2.24) is 16.0 Å². The molecule has 4 atom stereocenters. The summed E-state index contributed by atoms with van der Waals surface area (Å²) >= 11 is 0. The number of carbonyl (C=O) groups is 4. The number of rotatable bonds is 10. The molecule has 0 aromatic carbocycles. The summed E-state index contributed by atoms with van der Waals surface area (Å²) in [6, 6.07) is -2.61. The third-order valence-electron chi connectivity index (χ3n) is 3.99. The van der Waals surface area contributed by atoms with Gasteiger partial charge in [-0.3, -0.25) is 14.4 Å². The van der Waals surface area contributed by atoms with E-state index in [2.05, 4.69) is 16.0 Å². The van der Waals surface area contributed by atoms with E-state index in [1.807, 2.05) is 6.92 Å². The number of hydrogen-bond donors (Lipinski definition) is 5. The summed E-state index contributed by atoms with van der Waals surface area (Å²) in [5.41, 5.74) is 5.69. The van der Waals surface area contributed by atoms with Crippen molar-refractivity contribution in [3.05, 3.63) is 0 Å². The Bertz CT molecular complexity index is 495. The van der Waals surface area contributed by atoms with Gasteiger partial charge in [0.2, 0.25) is 17.7 Å². The molecule has 3 amide bonds. The molecule has 6 N–H and O–H groups in total. The van der Waals surface area contributed by atoms with Gasteiger partial charge in [-0.05, 0) is 18.8 Å². The van der Waals surface area contributed by atoms with E-state index in [1.54, 1.807) is 20.8 Å². The first-order chi connectivity index (χ1) is 11.5. The van der Waals surface area contributed by atoms with Crippen molar-refractivity contribution in [2.45, 2.75) is 59.2 Å². The lowest BCUT2D eigenvalue weighted by Gasteiger charge is -2.21. The van der Waals surface area contributed by atoms with Crippen LogP contribution in [-0.4, -0.2) is 53.5 Å². The molecule has 0 saturated heterocycles. The second-order valence-electron chi connectivity index (χ2n) is 6.49. The SMILES string of the molecule is CCC(C)C(NC(=O)CNC(=O)C(C)NC(=O)C(N)C(C)C)C(=O)O. The molecule has 0 bridgehead atoms. The molecule has 0 spiro atoms. The van der Waals surface area contributed by atoms with Gasteiger partial charge in [-0.25, -0.2) is 4.79 Å². The van der Waals surface area contributed by atoms with Crippen LogP contribution in [0.3, 0.4) is 0 Å². The molecule has 0 heterocycles. The summed E-state index contributed by atoms with van der Waals surface area (Å²) in [5.74, 6) is -3.07. The molecule has 9 heteroatoms. The van der Waals surface area contributed by atoms with E-state index in [1.165, 1.54) is 6.92 Å². The first-order valence-electron chi connectivity index (χ1n) is 8.37. The Morgan fingerprint density at radius 3 is 2.00 bits per heavy atom. The van der Waals surface area contributed by atoms with E-state index in [0.717, 1.165) is 0 Å². The van der Waals surface area contributed by atoms with Crippen LogP contribution in [0, 0.1) is 11.8 Å². The first kappa shape index (κ1) is 22.8. The Hall–Kier alpha value is -2.16. The van der Waals surface area contributed by atoms with E-state index in [4.69, 9.17) is 10.8 Å².